The lowest BCUT2D eigenvalue weighted by Gasteiger charge is -2.36. The first kappa shape index (κ1) is 22.1. The average Bonchev–Trinajstić information content (AvgIpc) is 3.44. The molecule has 5 nitrogen and oxygen atoms in total. The second kappa shape index (κ2) is 8.25. The summed E-state index contributed by atoms with van der Waals surface area (Å²) in [5.74, 6) is -2.66. The topological polar surface area (TPSA) is 62.7 Å². The number of piperidine rings is 1. The van der Waals surface area contributed by atoms with Gasteiger partial charge in [-0.05, 0) is 50.3 Å². The van der Waals surface area contributed by atoms with E-state index >= 15 is 0 Å². The normalized spacial score (nSPS) is 19.8. The van der Waals surface area contributed by atoms with Gasteiger partial charge in [-0.25, -0.2) is 23.7 Å². The van der Waals surface area contributed by atoms with Crippen molar-refractivity contribution in [1.29, 1.82) is 0 Å². The number of fused-ring (bicyclic) bond motifs is 1. The van der Waals surface area contributed by atoms with Crippen LogP contribution in [0.1, 0.15) is 56.0 Å². The highest BCUT2D eigenvalue weighted by Crippen LogP contribution is 2.40. The van der Waals surface area contributed by atoms with E-state index in [9.17, 15) is 8.78 Å². The van der Waals surface area contributed by atoms with Crippen LogP contribution in [0.25, 0.3) is 16.1 Å². The molecule has 0 unspecified atom stereocenters. The minimum absolute atomic E-state index is 0.105. The van der Waals surface area contributed by atoms with Gasteiger partial charge in [0, 0.05) is 54.0 Å². The van der Waals surface area contributed by atoms with Crippen molar-refractivity contribution in [1.82, 2.24) is 20.3 Å². The van der Waals surface area contributed by atoms with Gasteiger partial charge in [0.25, 0.3) is 5.92 Å². The molecule has 8 heteroatoms. The zero-order valence-electron chi connectivity index (χ0n) is 19.0. The molecule has 1 aromatic carbocycles. The second-order valence-corrected chi connectivity index (χ2v) is 10.4. The minimum atomic E-state index is -3.05. The van der Waals surface area contributed by atoms with E-state index in [-0.39, 0.29) is 17.1 Å². The lowest BCUT2D eigenvalue weighted by Crippen LogP contribution is -2.50. The smallest absolute Gasteiger partial charge is 0.274 e. The van der Waals surface area contributed by atoms with Crippen LogP contribution in [0.15, 0.2) is 42.0 Å². The lowest BCUT2D eigenvalue weighted by atomic mass is 9.91. The summed E-state index contributed by atoms with van der Waals surface area (Å²) >= 11 is 1.58. The quantitative estimate of drug-likeness (QED) is 0.508. The second-order valence-electron chi connectivity index (χ2n) is 9.52. The van der Waals surface area contributed by atoms with E-state index in [1.165, 1.54) is 6.20 Å². The van der Waals surface area contributed by atoms with Crippen molar-refractivity contribution in [2.75, 3.05) is 11.9 Å². The number of hydrogen-bond acceptors (Lipinski definition) is 6. The maximum atomic E-state index is 14.5. The Morgan fingerprint density at radius 2 is 2.09 bits per heavy atom. The predicted molar refractivity (Wildman–Crippen MR) is 129 cm³/mol. The van der Waals surface area contributed by atoms with Crippen molar-refractivity contribution < 1.29 is 8.78 Å². The Morgan fingerprint density at radius 1 is 1.24 bits per heavy atom. The van der Waals surface area contributed by atoms with E-state index in [1.54, 1.807) is 17.5 Å². The van der Waals surface area contributed by atoms with Crippen molar-refractivity contribution in [2.45, 2.75) is 57.5 Å². The summed E-state index contributed by atoms with van der Waals surface area (Å²) in [6.45, 7) is 6.04. The Bertz CT molecular complexity index is 1190. The van der Waals surface area contributed by atoms with Crippen LogP contribution in [-0.2, 0) is 12.3 Å². The summed E-state index contributed by atoms with van der Waals surface area (Å²) in [5.41, 5.74) is 4.05. The Kier molecular flexibility index (Phi) is 5.53. The lowest BCUT2D eigenvalue weighted by molar-refractivity contribution is 0.0165. The third kappa shape index (κ3) is 4.54. The van der Waals surface area contributed by atoms with E-state index in [0.29, 0.717) is 18.1 Å². The van der Waals surface area contributed by atoms with Gasteiger partial charge in [0.2, 0.25) is 5.95 Å². The number of alkyl halides is 2. The Hall–Kier alpha value is -2.71. The van der Waals surface area contributed by atoms with Gasteiger partial charge in [0.05, 0.1) is 11.3 Å². The van der Waals surface area contributed by atoms with Crippen molar-refractivity contribution >= 4 is 22.9 Å². The van der Waals surface area contributed by atoms with Crippen LogP contribution >= 0.6 is 11.3 Å². The van der Waals surface area contributed by atoms with Gasteiger partial charge in [0.1, 0.15) is 5.01 Å². The minimum Gasteiger partial charge on any atom is -0.350 e. The molecule has 2 aromatic heterocycles. The molecular weight excluding hydrogens is 440 g/mol. The first-order valence-electron chi connectivity index (χ1n) is 11.2. The summed E-state index contributed by atoms with van der Waals surface area (Å²) < 4.78 is 29.1. The molecule has 0 amide bonds. The number of nitrogens with zero attached hydrogens (tertiary/aromatic N) is 3. The van der Waals surface area contributed by atoms with E-state index in [0.717, 1.165) is 53.6 Å². The van der Waals surface area contributed by atoms with Crippen LogP contribution in [0, 0.1) is 0 Å². The number of halogens is 2. The first-order valence-corrected chi connectivity index (χ1v) is 12.1. The van der Waals surface area contributed by atoms with E-state index < -0.39 is 5.92 Å². The molecule has 1 saturated heterocycles. The number of anilines is 1. The van der Waals surface area contributed by atoms with Crippen molar-refractivity contribution in [3.8, 4) is 10.6 Å². The largest absolute Gasteiger partial charge is 0.350 e. The molecule has 33 heavy (non-hydrogen) atoms. The fourth-order valence-corrected chi connectivity index (χ4v) is 5.11. The fraction of sp³-hybridized carbons (Fsp3) is 0.400. The number of benzene rings is 1. The number of hydrogen-bond donors (Lipinski definition) is 2. The third-order valence-electron chi connectivity index (χ3n) is 6.40. The van der Waals surface area contributed by atoms with Crippen LogP contribution in [0.3, 0.4) is 0 Å². The maximum Gasteiger partial charge on any atom is 0.274 e. The number of aromatic nitrogens is 3. The molecule has 172 valence electrons. The molecular formula is C25H27F2N5S. The van der Waals surface area contributed by atoms with Gasteiger partial charge in [-0.2, -0.15) is 0 Å². The van der Waals surface area contributed by atoms with Crippen molar-refractivity contribution in [2.24, 2.45) is 0 Å². The van der Waals surface area contributed by atoms with E-state index in [2.05, 4.69) is 45.5 Å². The van der Waals surface area contributed by atoms with Crippen molar-refractivity contribution in [3.05, 3.63) is 64.4 Å². The number of allylic oxidation sites excluding steroid dienone is 1. The van der Waals surface area contributed by atoms with Gasteiger partial charge in [-0.15, -0.1) is 11.3 Å². The van der Waals surface area contributed by atoms with Gasteiger partial charge in [-0.1, -0.05) is 18.2 Å². The Balaban J connectivity index is 1.47. The van der Waals surface area contributed by atoms with Crippen LogP contribution in [0.5, 0.6) is 0 Å². The standard InChI is InChI=1S/C25H27F2N5S/c1-24(2)9-8-17(13-30-24)31-23-29-14-20(25(3,26)27)21(32-23)19-7-4-15-12-16(5-6-18(15)19)22-28-10-11-33-22/h5-7,10-12,14,17,30H,4,8-9,13H2,1-3H3,(H,29,31,32)/t17-/m0/s1. The molecule has 1 aliphatic heterocycles. The number of nitrogens with one attached hydrogen (secondary N) is 2. The average molecular weight is 468 g/mol. The molecule has 1 atom stereocenters. The van der Waals surface area contributed by atoms with Gasteiger partial charge in [0.15, 0.2) is 0 Å². The van der Waals surface area contributed by atoms with Gasteiger partial charge < -0.3 is 10.6 Å². The van der Waals surface area contributed by atoms with Gasteiger partial charge in [-0.3, -0.25) is 0 Å². The SMILES string of the molecule is CC1(C)CC[C@H](Nc2ncc(C(C)(F)F)c(C3=CCc4cc(-c5nccs5)ccc43)n2)CN1. The molecule has 0 saturated carbocycles. The van der Waals surface area contributed by atoms with E-state index in [4.69, 9.17) is 0 Å². The highest BCUT2D eigenvalue weighted by Gasteiger charge is 2.33. The third-order valence-corrected chi connectivity index (χ3v) is 7.22. The Labute approximate surface area is 196 Å². The summed E-state index contributed by atoms with van der Waals surface area (Å²) in [4.78, 5) is 13.2. The summed E-state index contributed by atoms with van der Waals surface area (Å²) in [6.07, 6.45) is 7.70. The van der Waals surface area contributed by atoms with Crippen LogP contribution in [-0.4, -0.2) is 33.1 Å². The van der Waals surface area contributed by atoms with Gasteiger partial charge >= 0.3 is 0 Å². The molecule has 1 aliphatic carbocycles. The highest BCUT2D eigenvalue weighted by atomic mass is 32.1. The molecule has 5 rings (SSSR count). The summed E-state index contributed by atoms with van der Waals surface area (Å²) in [7, 11) is 0. The highest BCUT2D eigenvalue weighted by molar-refractivity contribution is 7.13. The molecule has 0 radical (unpaired) electrons. The maximum absolute atomic E-state index is 14.5. The Morgan fingerprint density at radius 3 is 2.79 bits per heavy atom. The first-order chi connectivity index (χ1) is 15.7. The fourth-order valence-electron chi connectivity index (χ4n) is 4.48. The molecule has 2 aliphatic rings. The number of rotatable bonds is 5. The predicted octanol–water partition coefficient (Wildman–Crippen LogP) is 5.64. The molecule has 3 heterocycles. The van der Waals surface area contributed by atoms with E-state index in [1.807, 2.05) is 23.6 Å². The zero-order valence-corrected chi connectivity index (χ0v) is 19.8. The van der Waals surface area contributed by atoms with Crippen molar-refractivity contribution in [3.63, 3.8) is 0 Å². The summed E-state index contributed by atoms with van der Waals surface area (Å²) in [5, 5.41) is 9.75. The molecule has 1 fully saturated rings. The van der Waals surface area contributed by atoms with Crippen LogP contribution in [0.4, 0.5) is 14.7 Å². The number of thiazole rings is 1. The molecule has 2 N–H and O–H groups in total. The summed E-state index contributed by atoms with van der Waals surface area (Å²) in [6, 6.07) is 6.24. The molecule has 0 spiro atoms. The zero-order chi connectivity index (χ0) is 23.2. The van der Waals surface area contributed by atoms with Crippen LogP contribution < -0.4 is 10.6 Å². The molecule has 0 bridgehead atoms. The van der Waals surface area contributed by atoms with Crippen LogP contribution in [0.2, 0.25) is 0 Å². The monoisotopic (exact) mass is 467 g/mol. The molecule has 3 aromatic rings.